The molecule has 1 radical (unpaired) electrons. The molecule has 4 aromatic rings. The molecular formula is C26H29ClLaN2-2. The van der Waals surface area contributed by atoms with Crippen LogP contribution in [-0.2, 0) is 0 Å². The predicted molar refractivity (Wildman–Crippen MR) is 128 cm³/mol. The summed E-state index contributed by atoms with van der Waals surface area (Å²) in [6.45, 7) is 11.5. The molecule has 0 aliphatic rings. The van der Waals surface area contributed by atoms with Crippen molar-refractivity contribution in [3.8, 4) is 0 Å². The average Bonchev–Trinajstić information content (AvgIpc) is 3.10. The Hall–Kier alpha value is -2.04. The molecule has 0 aliphatic carbocycles. The second-order valence-corrected chi connectivity index (χ2v) is 6.78. The second kappa shape index (κ2) is 16.7. The molecule has 0 spiro atoms. The normalized spacial score (nSPS) is 8.63. The fourth-order valence-electron chi connectivity index (χ4n) is 2.06. The van der Waals surface area contributed by atoms with E-state index in [1.165, 1.54) is 11.4 Å². The van der Waals surface area contributed by atoms with Gasteiger partial charge in [0.25, 0.3) is 0 Å². The molecule has 155 valence electrons. The largest absolute Gasteiger partial charge is 0.399 e. The van der Waals surface area contributed by atoms with Crippen LogP contribution in [0.1, 0.15) is 22.5 Å². The third kappa shape index (κ3) is 14.9. The van der Waals surface area contributed by atoms with Gasteiger partial charge in [0.05, 0.1) is 0 Å². The van der Waals surface area contributed by atoms with Gasteiger partial charge in [-0.2, -0.15) is 49.2 Å². The van der Waals surface area contributed by atoms with Gasteiger partial charge in [-0.15, -0.1) is 24.3 Å². The van der Waals surface area contributed by atoms with E-state index < -0.39 is 0 Å². The molecule has 1 heterocycles. The molecule has 0 unspecified atom stereocenters. The van der Waals surface area contributed by atoms with Crippen LogP contribution in [0.3, 0.4) is 0 Å². The Bertz CT molecular complexity index is 830. The smallest absolute Gasteiger partial charge is 0.0407 e. The molecule has 2 nitrogen and oxygen atoms in total. The van der Waals surface area contributed by atoms with Gasteiger partial charge in [-0.1, -0.05) is 23.7 Å². The standard InChI is InChI=1S/2C7H7.C6H6ClN.C6H9N.La/c2*1-7-5-3-2-4-6-7;7-5-1-3-6(8)4-2-5;1-5-3-4-6(2)7-5;/h2*2-6H,1H2;1-4H,8H2;3-4,7H,1-2H3;/q2*-1;;;. The third-order valence-corrected chi connectivity index (χ3v) is 3.79. The number of aryl methyl sites for hydroxylation is 2. The first-order valence-electron chi connectivity index (χ1n) is 9.24. The zero-order chi connectivity index (χ0) is 21.5. The number of anilines is 1. The average molecular weight is 544 g/mol. The van der Waals surface area contributed by atoms with Gasteiger partial charge in [-0.25, -0.2) is 0 Å². The fraction of sp³-hybridized carbons (Fsp3) is 0.0769. The number of benzene rings is 3. The van der Waals surface area contributed by atoms with E-state index in [9.17, 15) is 0 Å². The van der Waals surface area contributed by atoms with Crippen molar-refractivity contribution in [2.75, 3.05) is 5.73 Å². The monoisotopic (exact) mass is 543 g/mol. The summed E-state index contributed by atoms with van der Waals surface area (Å²) in [4.78, 5) is 3.14. The van der Waals surface area contributed by atoms with E-state index in [0.717, 1.165) is 21.8 Å². The molecular weight excluding hydrogens is 515 g/mol. The van der Waals surface area contributed by atoms with Crippen molar-refractivity contribution in [1.29, 1.82) is 0 Å². The van der Waals surface area contributed by atoms with Gasteiger partial charge in [0.15, 0.2) is 0 Å². The van der Waals surface area contributed by atoms with E-state index >= 15 is 0 Å². The van der Waals surface area contributed by atoms with Crippen molar-refractivity contribution in [1.82, 2.24) is 4.98 Å². The summed E-state index contributed by atoms with van der Waals surface area (Å²) >= 11 is 5.56. The molecule has 3 aromatic carbocycles. The van der Waals surface area contributed by atoms with Crippen LogP contribution in [0.5, 0.6) is 0 Å². The van der Waals surface area contributed by atoms with E-state index in [-0.39, 0.29) is 35.6 Å². The Morgan fingerprint density at radius 3 is 1.20 bits per heavy atom. The first kappa shape index (κ1) is 28.0. The number of H-pyrrole nitrogens is 1. The molecule has 0 atom stereocenters. The summed E-state index contributed by atoms with van der Waals surface area (Å²) in [5, 5.41) is 0.721. The van der Waals surface area contributed by atoms with Crippen molar-refractivity contribution in [2.24, 2.45) is 0 Å². The summed E-state index contributed by atoms with van der Waals surface area (Å²) in [7, 11) is 0. The maximum atomic E-state index is 5.56. The number of hydrogen-bond donors (Lipinski definition) is 2. The number of halogens is 1. The topological polar surface area (TPSA) is 41.8 Å². The van der Waals surface area contributed by atoms with E-state index in [1.54, 1.807) is 24.3 Å². The molecule has 4 rings (SSSR count). The number of aromatic nitrogens is 1. The summed E-state index contributed by atoms with van der Waals surface area (Å²) in [5.74, 6) is 0. The summed E-state index contributed by atoms with van der Waals surface area (Å²) in [6, 6.07) is 30.9. The summed E-state index contributed by atoms with van der Waals surface area (Å²) in [6.07, 6.45) is 0. The van der Waals surface area contributed by atoms with E-state index in [4.69, 9.17) is 17.3 Å². The molecule has 30 heavy (non-hydrogen) atoms. The van der Waals surface area contributed by atoms with Crippen LogP contribution in [-0.4, -0.2) is 4.98 Å². The molecule has 0 saturated heterocycles. The number of hydrogen-bond acceptors (Lipinski definition) is 1. The van der Waals surface area contributed by atoms with Crippen molar-refractivity contribution in [2.45, 2.75) is 13.8 Å². The van der Waals surface area contributed by atoms with Crippen LogP contribution in [0.4, 0.5) is 5.69 Å². The predicted octanol–water partition coefficient (Wildman–Crippen LogP) is 7.29. The Balaban J connectivity index is 0.000000370. The van der Waals surface area contributed by atoms with Crippen LogP contribution in [0.2, 0.25) is 5.02 Å². The summed E-state index contributed by atoms with van der Waals surface area (Å²) in [5.41, 5.74) is 10.7. The van der Waals surface area contributed by atoms with Gasteiger partial charge in [0.2, 0.25) is 0 Å². The quantitative estimate of drug-likeness (QED) is 0.177. The number of rotatable bonds is 0. The SMILES string of the molecule is Cc1ccc(C)[nH]1.Nc1ccc(Cl)cc1.[CH2-]c1ccccc1.[CH2-]c1ccccc1.[La]. The van der Waals surface area contributed by atoms with Gasteiger partial charge < -0.3 is 10.7 Å². The third-order valence-electron chi connectivity index (χ3n) is 3.53. The molecule has 4 heteroatoms. The minimum atomic E-state index is 0. The Labute approximate surface area is 214 Å². The van der Waals surface area contributed by atoms with Crippen molar-refractivity contribution in [3.63, 3.8) is 0 Å². The Morgan fingerprint density at radius 1 is 0.633 bits per heavy atom. The zero-order valence-corrected chi connectivity index (χ0v) is 22.1. The van der Waals surface area contributed by atoms with E-state index in [1.807, 2.05) is 74.5 Å². The van der Waals surface area contributed by atoms with Crippen LogP contribution >= 0.6 is 11.6 Å². The van der Waals surface area contributed by atoms with E-state index in [2.05, 4.69) is 31.0 Å². The van der Waals surface area contributed by atoms with Gasteiger partial charge in [-0.05, 0) is 50.2 Å². The van der Waals surface area contributed by atoms with Crippen LogP contribution in [0, 0.1) is 63.3 Å². The molecule has 3 N–H and O–H groups in total. The minimum Gasteiger partial charge on any atom is -0.399 e. The molecule has 0 bridgehead atoms. The van der Waals surface area contributed by atoms with Gasteiger partial charge in [0, 0.05) is 57.7 Å². The fourth-order valence-corrected chi connectivity index (χ4v) is 2.19. The summed E-state index contributed by atoms with van der Waals surface area (Å²) < 4.78 is 0. The minimum absolute atomic E-state index is 0. The van der Waals surface area contributed by atoms with Crippen LogP contribution in [0.25, 0.3) is 0 Å². The maximum Gasteiger partial charge on any atom is 0.0407 e. The van der Waals surface area contributed by atoms with E-state index in [0.29, 0.717) is 0 Å². The molecule has 0 saturated carbocycles. The van der Waals surface area contributed by atoms with Crippen molar-refractivity contribution < 1.29 is 35.6 Å². The number of nitrogens with one attached hydrogen (secondary N) is 1. The van der Waals surface area contributed by atoms with Crippen LogP contribution < -0.4 is 5.73 Å². The van der Waals surface area contributed by atoms with Crippen molar-refractivity contribution in [3.05, 3.63) is 138 Å². The molecule has 1 aromatic heterocycles. The Morgan fingerprint density at radius 2 is 1.00 bits per heavy atom. The molecule has 0 amide bonds. The number of aromatic amines is 1. The second-order valence-electron chi connectivity index (χ2n) is 6.35. The first-order valence-corrected chi connectivity index (χ1v) is 9.62. The number of nitrogen functional groups attached to an aromatic ring is 1. The van der Waals surface area contributed by atoms with Gasteiger partial charge >= 0.3 is 0 Å². The Kier molecular flexibility index (Phi) is 15.6. The first-order chi connectivity index (χ1) is 13.9. The molecule has 0 aliphatic heterocycles. The maximum absolute atomic E-state index is 5.56. The number of nitrogens with two attached hydrogens (primary N) is 1. The van der Waals surface area contributed by atoms with Gasteiger partial charge in [-0.3, -0.25) is 0 Å². The molecule has 0 fully saturated rings. The van der Waals surface area contributed by atoms with Crippen LogP contribution in [0.15, 0.2) is 97.1 Å². The zero-order valence-electron chi connectivity index (χ0n) is 17.7. The van der Waals surface area contributed by atoms with Crippen molar-refractivity contribution >= 4 is 17.3 Å². The van der Waals surface area contributed by atoms with Gasteiger partial charge in [0.1, 0.15) is 0 Å².